The minimum atomic E-state index is -1.41. The van der Waals surface area contributed by atoms with Crippen molar-refractivity contribution >= 4 is 42.2 Å². The Morgan fingerprint density at radius 1 is 0.884 bits per heavy atom. The minimum Gasteiger partial charge on any atom is -0.468 e. The first-order chi connectivity index (χ1) is 20.5. The number of esters is 4. The molecule has 12 nitrogen and oxygen atoms in total. The van der Waals surface area contributed by atoms with Gasteiger partial charge in [0.2, 0.25) is 0 Å². The molecular formula is C30H30N2O10S. The Morgan fingerprint density at radius 2 is 1.51 bits per heavy atom. The van der Waals surface area contributed by atoms with Gasteiger partial charge in [0.1, 0.15) is 18.5 Å². The molecular weight excluding hydrogens is 580 g/mol. The molecule has 3 heterocycles. The number of carbonyl (C=O) groups excluding carboxylic acids is 4. The van der Waals surface area contributed by atoms with Gasteiger partial charge in [-0.25, -0.2) is 0 Å². The van der Waals surface area contributed by atoms with Crippen LogP contribution >= 0.6 is 12.6 Å². The van der Waals surface area contributed by atoms with Crippen molar-refractivity contribution in [2.24, 2.45) is 0 Å². The third kappa shape index (κ3) is 7.10. The van der Waals surface area contributed by atoms with Crippen molar-refractivity contribution in [2.75, 3.05) is 6.61 Å². The molecule has 43 heavy (non-hydrogen) atoms. The van der Waals surface area contributed by atoms with Gasteiger partial charge in [-0.1, -0.05) is 30.3 Å². The Hall–Kier alpha value is -4.54. The van der Waals surface area contributed by atoms with Crippen LogP contribution in [0.2, 0.25) is 0 Å². The van der Waals surface area contributed by atoms with Crippen LogP contribution in [0, 0.1) is 11.3 Å². The van der Waals surface area contributed by atoms with Gasteiger partial charge in [0.25, 0.3) is 0 Å². The van der Waals surface area contributed by atoms with Gasteiger partial charge in [0.15, 0.2) is 24.5 Å². The van der Waals surface area contributed by atoms with Crippen molar-refractivity contribution in [1.82, 2.24) is 4.90 Å². The van der Waals surface area contributed by atoms with Crippen LogP contribution in [0.15, 0.2) is 69.8 Å². The average Bonchev–Trinajstić information content (AvgIpc) is 3.49. The van der Waals surface area contributed by atoms with Crippen molar-refractivity contribution in [3.05, 3.63) is 76.7 Å². The van der Waals surface area contributed by atoms with Gasteiger partial charge < -0.3 is 33.0 Å². The number of nitriles is 1. The van der Waals surface area contributed by atoms with Crippen LogP contribution in [0.25, 0.3) is 5.70 Å². The zero-order valence-corrected chi connectivity index (χ0v) is 24.7. The highest BCUT2D eigenvalue weighted by molar-refractivity contribution is 7.84. The van der Waals surface area contributed by atoms with E-state index >= 15 is 0 Å². The van der Waals surface area contributed by atoms with Gasteiger partial charge >= 0.3 is 23.9 Å². The lowest BCUT2D eigenvalue weighted by Gasteiger charge is -2.49. The Bertz CT molecular complexity index is 1460. The van der Waals surface area contributed by atoms with Gasteiger partial charge in [0.05, 0.1) is 28.9 Å². The topological polar surface area (TPSA) is 155 Å². The molecule has 1 fully saturated rings. The van der Waals surface area contributed by atoms with Gasteiger partial charge in [-0.15, -0.1) is 12.6 Å². The fraction of sp³-hybridized carbons (Fsp3) is 0.367. The van der Waals surface area contributed by atoms with Crippen molar-refractivity contribution < 1.29 is 47.3 Å². The third-order valence-electron chi connectivity index (χ3n) is 6.62. The molecule has 1 saturated heterocycles. The number of hydrogen-bond donors (Lipinski definition) is 1. The van der Waals surface area contributed by atoms with Crippen LogP contribution in [0.3, 0.4) is 0 Å². The number of furan rings is 1. The number of hydrogen-bond acceptors (Lipinski definition) is 13. The molecule has 2 aliphatic heterocycles. The Kier molecular flexibility index (Phi) is 9.95. The first-order valence-corrected chi connectivity index (χ1v) is 13.7. The summed E-state index contributed by atoms with van der Waals surface area (Å²) in [5, 5.41) is 10.4. The number of benzene rings is 1. The van der Waals surface area contributed by atoms with Crippen LogP contribution < -0.4 is 0 Å². The lowest BCUT2D eigenvalue weighted by Crippen LogP contribution is -2.65. The summed E-state index contributed by atoms with van der Waals surface area (Å²) in [6, 6.07) is 14.7. The van der Waals surface area contributed by atoms with E-state index in [1.807, 2.05) is 30.3 Å². The number of thiol groups is 1. The quantitative estimate of drug-likeness (QED) is 0.264. The number of rotatable bonds is 8. The maximum atomic E-state index is 12.4. The molecule has 4 rings (SSSR count). The minimum absolute atomic E-state index is 0.131. The highest BCUT2D eigenvalue weighted by atomic mass is 32.1. The predicted octanol–water partition coefficient (Wildman–Crippen LogP) is 3.47. The molecule has 226 valence electrons. The second-order valence-electron chi connectivity index (χ2n) is 9.72. The van der Waals surface area contributed by atoms with Crippen LogP contribution in [-0.4, -0.2) is 66.0 Å². The van der Waals surface area contributed by atoms with Crippen LogP contribution in [0.4, 0.5) is 0 Å². The Labute approximate surface area is 253 Å². The number of ether oxygens (including phenoxy) is 5. The van der Waals surface area contributed by atoms with Gasteiger partial charge in [-0.05, 0) is 23.8 Å². The second-order valence-corrected chi connectivity index (χ2v) is 10.1. The van der Waals surface area contributed by atoms with E-state index in [0.717, 1.165) is 20.8 Å². The normalized spacial score (nSPS) is 25.2. The molecule has 2 aromatic rings. The molecule has 0 unspecified atom stereocenters. The maximum absolute atomic E-state index is 12.4. The second kappa shape index (κ2) is 13.6. The van der Waals surface area contributed by atoms with E-state index in [9.17, 15) is 24.4 Å². The molecule has 0 amide bonds. The number of allylic oxidation sites excluding steroid dienone is 2. The molecule has 0 aliphatic carbocycles. The highest BCUT2D eigenvalue weighted by Gasteiger charge is 2.55. The van der Waals surface area contributed by atoms with Crippen molar-refractivity contribution in [3.8, 4) is 6.07 Å². The van der Waals surface area contributed by atoms with E-state index in [1.165, 1.54) is 18.1 Å². The summed E-state index contributed by atoms with van der Waals surface area (Å²) >= 11 is 4.77. The van der Waals surface area contributed by atoms with E-state index in [-0.39, 0.29) is 10.6 Å². The zero-order chi connectivity index (χ0) is 31.3. The molecule has 13 heteroatoms. The SMILES string of the molecule is CC(=O)OC[C@@H]1O[C@@H](N2C(c3ccccc3)=C[C@H](c3ccco3)C(C#N)=C2S)[C@@H](OC(C)=O)[C@@H](OC(C)=O)[C@H]1OC(C)=O. The Balaban J connectivity index is 1.93. The van der Waals surface area contributed by atoms with Crippen LogP contribution in [-0.2, 0) is 42.9 Å². The molecule has 6 atom stereocenters. The molecule has 0 N–H and O–H groups in total. The monoisotopic (exact) mass is 610 g/mol. The third-order valence-corrected chi connectivity index (χ3v) is 7.08. The fourth-order valence-corrected chi connectivity index (χ4v) is 5.44. The van der Waals surface area contributed by atoms with Crippen molar-refractivity contribution in [3.63, 3.8) is 0 Å². The van der Waals surface area contributed by atoms with Crippen molar-refractivity contribution in [2.45, 2.75) is 64.3 Å². The van der Waals surface area contributed by atoms with Gasteiger partial charge in [-0.3, -0.25) is 19.2 Å². The number of nitrogens with zero attached hydrogens (tertiary/aromatic N) is 2. The molecule has 0 bridgehead atoms. The van der Waals surface area contributed by atoms with Crippen molar-refractivity contribution in [1.29, 1.82) is 5.26 Å². The molecule has 1 aromatic carbocycles. The first kappa shape index (κ1) is 31.4. The van der Waals surface area contributed by atoms with Crippen LogP contribution in [0.1, 0.15) is 44.9 Å². The van der Waals surface area contributed by atoms with E-state index < -0.39 is 67.0 Å². The summed E-state index contributed by atoms with van der Waals surface area (Å²) in [4.78, 5) is 50.2. The smallest absolute Gasteiger partial charge is 0.303 e. The summed E-state index contributed by atoms with van der Waals surface area (Å²) in [6.45, 7) is 4.23. The Morgan fingerprint density at radius 3 is 2.07 bits per heavy atom. The summed E-state index contributed by atoms with van der Waals surface area (Å²) in [5.41, 5.74) is 1.35. The van der Waals surface area contributed by atoms with E-state index in [4.69, 9.17) is 40.7 Å². The van der Waals surface area contributed by atoms with E-state index in [2.05, 4.69) is 6.07 Å². The van der Waals surface area contributed by atoms with E-state index in [0.29, 0.717) is 17.0 Å². The van der Waals surface area contributed by atoms with Crippen LogP contribution in [0.5, 0.6) is 0 Å². The molecule has 0 saturated carbocycles. The summed E-state index contributed by atoms with van der Waals surface area (Å²) in [6.07, 6.45) is -3.40. The van der Waals surface area contributed by atoms with Gasteiger partial charge in [0, 0.05) is 33.4 Å². The predicted molar refractivity (Wildman–Crippen MR) is 151 cm³/mol. The standard InChI is InChI=1S/C30H30N2O10S/c1-16(33)38-15-25-26(39-17(2)34)27(40-18(3)35)28(41-19(4)36)29(42-25)32-23(20-9-6-5-7-10-20)13-21(22(14-31)30(32)43)24-11-8-12-37-24/h5-13,21,25-29,43H,15H2,1-4H3/t21-,25-,26-,27-,28-,29+/m0/s1. The maximum Gasteiger partial charge on any atom is 0.303 e. The zero-order valence-electron chi connectivity index (χ0n) is 23.8. The average molecular weight is 611 g/mol. The van der Waals surface area contributed by atoms with Gasteiger partial charge in [-0.2, -0.15) is 5.26 Å². The lowest BCUT2D eigenvalue weighted by atomic mass is 9.90. The molecule has 0 spiro atoms. The lowest BCUT2D eigenvalue weighted by molar-refractivity contribution is -0.268. The largest absolute Gasteiger partial charge is 0.468 e. The van der Waals surface area contributed by atoms with E-state index in [1.54, 1.807) is 18.2 Å². The molecule has 2 aliphatic rings. The molecule has 1 aromatic heterocycles. The summed E-state index contributed by atoms with van der Waals surface area (Å²) in [7, 11) is 0. The summed E-state index contributed by atoms with van der Waals surface area (Å²) in [5.74, 6) is -3.05. The fourth-order valence-electron chi connectivity index (χ4n) is 5.03. The first-order valence-electron chi connectivity index (χ1n) is 13.2. The number of carbonyl (C=O) groups is 4. The summed E-state index contributed by atoms with van der Waals surface area (Å²) < 4.78 is 34.0. The molecule has 0 radical (unpaired) electrons. The highest BCUT2D eigenvalue weighted by Crippen LogP contribution is 2.45.